The van der Waals surface area contributed by atoms with E-state index in [2.05, 4.69) is 6.92 Å². The van der Waals surface area contributed by atoms with E-state index >= 15 is 0 Å². The maximum atomic E-state index is 13.5. The summed E-state index contributed by atoms with van der Waals surface area (Å²) in [5.74, 6) is -3.42. The van der Waals surface area contributed by atoms with Crippen LogP contribution in [0.3, 0.4) is 0 Å². The normalized spacial score (nSPS) is 60.6. The molecule has 0 amide bonds. The molecule has 3 heterocycles. The third-order valence-corrected chi connectivity index (χ3v) is 14.7. The zero-order valence-electron chi connectivity index (χ0n) is 26.4. The molecular formula is C33H44O11. The van der Waals surface area contributed by atoms with Gasteiger partial charge in [0.15, 0.2) is 5.60 Å². The van der Waals surface area contributed by atoms with Gasteiger partial charge in [0.05, 0.1) is 18.1 Å². The van der Waals surface area contributed by atoms with Gasteiger partial charge >= 0.3 is 17.9 Å². The first-order valence-electron chi connectivity index (χ1n) is 16.2. The first-order valence-corrected chi connectivity index (χ1v) is 16.2. The minimum absolute atomic E-state index is 0.0865. The van der Waals surface area contributed by atoms with Crippen molar-refractivity contribution in [2.45, 2.75) is 128 Å². The lowest BCUT2D eigenvalue weighted by Crippen LogP contribution is -2.73. The zero-order chi connectivity index (χ0) is 31.7. The molecule has 8 rings (SSSR count). The Morgan fingerprint density at radius 3 is 2.16 bits per heavy atom. The average molecular weight is 617 g/mol. The van der Waals surface area contributed by atoms with Crippen LogP contribution in [0.4, 0.5) is 0 Å². The topological polar surface area (TPSA) is 161 Å². The monoisotopic (exact) mass is 616 g/mol. The van der Waals surface area contributed by atoms with Gasteiger partial charge < -0.3 is 33.9 Å². The van der Waals surface area contributed by atoms with Crippen LogP contribution >= 0.6 is 0 Å². The van der Waals surface area contributed by atoms with E-state index in [1.54, 1.807) is 0 Å². The first-order chi connectivity index (χ1) is 20.4. The third-order valence-electron chi connectivity index (χ3n) is 14.7. The number of rotatable bonds is 3. The van der Waals surface area contributed by atoms with Crippen molar-refractivity contribution in [3.8, 4) is 0 Å². The zero-order valence-corrected chi connectivity index (χ0v) is 26.4. The summed E-state index contributed by atoms with van der Waals surface area (Å²) >= 11 is 0. The molecule has 8 aliphatic rings. The molecule has 0 aromatic carbocycles. The number of aliphatic hydroxyl groups is 2. The van der Waals surface area contributed by atoms with Crippen LogP contribution in [0.2, 0.25) is 0 Å². The lowest BCUT2D eigenvalue weighted by Gasteiger charge is -2.64. The third kappa shape index (κ3) is 3.18. The molecule has 2 bridgehead atoms. The van der Waals surface area contributed by atoms with E-state index in [1.807, 2.05) is 13.8 Å². The van der Waals surface area contributed by atoms with Crippen LogP contribution in [0.5, 0.6) is 0 Å². The van der Waals surface area contributed by atoms with E-state index in [9.17, 15) is 29.4 Å². The molecule has 3 aliphatic heterocycles. The molecule has 11 nitrogen and oxygen atoms in total. The van der Waals surface area contributed by atoms with E-state index < -0.39 is 75.7 Å². The molecule has 3 saturated heterocycles. The molecule has 18 atom stereocenters. The van der Waals surface area contributed by atoms with Gasteiger partial charge in [-0.05, 0) is 62.7 Å². The van der Waals surface area contributed by atoms with Crippen LogP contribution in [-0.4, -0.2) is 87.8 Å². The Morgan fingerprint density at radius 2 is 1.52 bits per heavy atom. The number of fused-ring (bicyclic) bond motifs is 14. The van der Waals surface area contributed by atoms with Gasteiger partial charge in [-0.3, -0.25) is 14.4 Å². The Hall–Kier alpha value is -2.08. The summed E-state index contributed by atoms with van der Waals surface area (Å²) in [6.45, 7) is 11.8. The number of esters is 3. The highest BCUT2D eigenvalue weighted by atomic mass is 16.6. The Balaban J connectivity index is 1.30. The van der Waals surface area contributed by atoms with Crippen molar-refractivity contribution < 1.29 is 53.1 Å². The van der Waals surface area contributed by atoms with Crippen molar-refractivity contribution in [1.82, 2.24) is 0 Å². The molecule has 0 radical (unpaired) electrons. The SMILES string of the molecule is CC(=O)O[C@H]1C[C@H]2[C@@H]([C@@H]3O[C@@H]3[C@@]3(O)C[C@@H]4O[C@@H]4[C@H](OC(C)=O)[C@]23C)[C@@H]2CC3[C@H](C(C(C)=O)[C@H]4CC3(C)C(C)(O)C(=O)O4)[C@@]12C. The molecule has 0 spiro atoms. The number of hydrogen-bond acceptors (Lipinski definition) is 11. The Labute approximate surface area is 256 Å². The van der Waals surface area contributed by atoms with E-state index in [1.165, 1.54) is 27.7 Å². The summed E-state index contributed by atoms with van der Waals surface area (Å²) in [6.07, 6.45) is -1.63. The predicted octanol–water partition coefficient (Wildman–Crippen LogP) is 1.73. The van der Waals surface area contributed by atoms with E-state index in [0.29, 0.717) is 25.7 Å². The number of ketones is 1. The van der Waals surface area contributed by atoms with Gasteiger partial charge in [-0.25, -0.2) is 4.79 Å². The fourth-order valence-corrected chi connectivity index (χ4v) is 12.5. The number of epoxide rings is 2. The molecule has 5 aliphatic carbocycles. The van der Waals surface area contributed by atoms with Gasteiger partial charge in [0.2, 0.25) is 0 Å². The Kier molecular flexibility index (Phi) is 5.62. The van der Waals surface area contributed by atoms with Gasteiger partial charge in [0.25, 0.3) is 0 Å². The minimum Gasteiger partial charge on any atom is -0.462 e. The summed E-state index contributed by atoms with van der Waals surface area (Å²) in [5.41, 5.74) is -5.65. The molecule has 11 heteroatoms. The Bertz CT molecular complexity index is 1380. The molecular weight excluding hydrogens is 572 g/mol. The second-order valence-corrected chi connectivity index (χ2v) is 16.2. The molecule has 44 heavy (non-hydrogen) atoms. The summed E-state index contributed by atoms with van der Waals surface area (Å²) in [6, 6.07) is 0. The van der Waals surface area contributed by atoms with Crippen LogP contribution in [0.15, 0.2) is 0 Å². The lowest BCUT2D eigenvalue weighted by atomic mass is 9.41. The van der Waals surface area contributed by atoms with Gasteiger partial charge in [-0.15, -0.1) is 0 Å². The van der Waals surface area contributed by atoms with Crippen LogP contribution in [-0.2, 0) is 42.9 Å². The minimum atomic E-state index is -1.77. The highest BCUT2D eigenvalue weighted by Gasteiger charge is 2.85. The molecule has 0 aromatic heterocycles. The van der Waals surface area contributed by atoms with Gasteiger partial charge in [-0.1, -0.05) is 20.8 Å². The van der Waals surface area contributed by atoms with Gasteiger partial charge in [0, 0.05) is 36.5 Å². The standard InChI is InChI=1S/C33H44O11/c1-12(34)21-18-10-29(4,32(7,38)28(37)43-18)17-8-15-22-16(9-20(40-13(2)35)30(15,5)23(17)21)31(6)26(41-14(3)36)24-19(42-24)11-33(31,39)27-25(22)44-27/h15-27,38-39H,8-11H2,1-7H3/t15-,16-,17?,18+,19-,20-,21?,22-,23+,24-,25-,26-,27-,29?,30+,31-,32?,33-/m0/s1. The van der Waals surface area contributed by atoms with Gasteiger partial charge in [0.1, 0.15) is 41.9 Å². The second-order valence-electron chi connectivity index (χ2n) is 16.2. The molecule has 242 valence electrons. The smallest absolute Gasteiger partial charge is 0.338 e. The van der Waals surface area contributed by atoms with Crippen LogP contribution in [0.25, 0.3) is 0 Å². The number of carbonyl (C=O) groups excluding carboxylic acids is 4. The van der Waals surface area contributed by atoms with E-state index in [0.717, 1.165) is 0 Å². The van der Waals surface area contributed by atoms with E-state index in [4.69, 9.17) is 23.7 Å². The average Bonchev–Trinajstić information content (AvgIpc) is 3.82. The van der Waals surface area contributed by atoms with Crippen molar-refractivity contribution in [1.29, 1.82) is 0 Å². The second kappa shape index (κ2) is 8.44. The van der Waals surface area contributed by atoms with Crippen LogP contribution < -0.4 is 0 Å². The Morgan fingerprint density at radius 1 is 0.841 bits per heavy atom. The maximum Gasteiger partial charge on any atom is 0.338 e. The van der Waals surface area contributed by atoms with Crippen molar-refractivity contribution in [3.05, 3.63) is 0 Å². The summed E-state index contributed by atoms with van der Waals surface area (Å²) in [4.78, 5) is 51.9. The fraction of sp³-hybridized carbons (Fsp3) is 0.879. The van der Waals surface area contributed by atoms with E-state index in [-0.39, 0.29) is 53.7 Å². The predicted molar refractivity (Wildman–Crippen MR) is 148 cm³/mol. The lowest BCUT2D eigenvalue weighted by molar-refractivity contribution is -0.259. The largest absolute Gasteiger partial charge is 0.462 e. The number of hydrogen-bond donors (Lipinski definition) is 2. The summed E-state index contributed by atoms with van der Waals surface area (Å²) < 4.78 is 30.5. The van der Waals surface area contributed by atoms with Crippen molar-refractivity contribution in [2.75, 3.05) is 0 Å². The number of ether oxygens (including phenoxy) is 5. The van der Waals surface area contributed by atoms with Crippen LogP contribution in [0, 0.1) is 51.8 Å². The van der Waals surface area contributed by atoms with Crippen molar-refractivity contribution in [2.24, 2.45) is 51.8 Å². The van der Waals surface area contributed by atoms with Crippen LogP contribution in [0.1, 0.15) is 74.1 Å². The number of Topliss-reactive ketones (excluding diaryl/α,β-unsaturated/α-hetero) is 1. The fourth-order valence-electron chi connectivity index (χ4n) is 12.5. The number of carbonyl (C=O) groups is 4. The highest BCUT2D eigenvalue weighted by Crippen LogP contribution is 2.78. The molecule has 4 unspecified atom stereocenters. The quantitative estimate of drug-likeness (QED) is 0.270. The molecule has 0 aromatic rings. The van der Waals surface area contributed by atoms with Crippen molar-refractivity contribution >= 4 is 23.7 Å². The van der Waals surface area contributed by atoms with Gasteiger partial charge in [-0.2, -0.15) is 0 Å². The molecule has 2 N–H and O–H groups in total. The first kappa shape index (κ1) is 29.3. The summed E-state index contributed by atoms with van der Waals surface area (Å²) in [5, 5.41) is 24.2. The molecule has 5 saturated carbocycles. The summed E-state index contributed by atoms with van der Waals surface area (Å²) in [7, 11) is 0. The molecule has 8 fully saturated rings. The highest BCUT2D eigenvalue weighted by molar-refractivity contribution is 5.84. The van der Waals surface area contributed by atoms with Crippen molar-refractivity contribution in [3.63, 3.8) is 0 Å². The maximum absolute atomic E-state index is 13.5.